The van der Waals surface area contributed by atoms with E-state index in [1.54, 1.807) is 30.3 Å². The summed E-state index contributed by atoms with van der Waals surface area (Å²) in [6, 6.07) is 12.2. The molecular weight excluding hydrogens is 406 g/mol. The van der Waals surface area contributed by atoms with E-state index in [9.17, 15) is 8.42 Å². The van der Waals surface area contributed by atoms with Crippen LogP contribution in [0.25, 0.3) is 0 Å². The number of aryl methyl sites for hydroxylation is 1. The summed E-state index contributed by atoms with van der Waals surface area (Å²) in [7, 11) is -3.57. The smallest absolute Gasteiger partial charge is 0.261 e. The van der Waals surface area contributed by atoms with Crippen LogP contribution in [0.15, 0.2) is 51.8 Å². The predicted octanol–water partition coefficient (Wildman–Crippen LogP) is 4.45. The number of hydrogen-bond acceptors (Lipinski definition) is 2. The molecule has 0 saturated carbocycles. The second kappa shape index (κ2) is 6.28. The molecule has 0 spiro atoms. The molecule has 0 aliphatic rings. The van der Waals surface area contributed by atoms with E-state index in [4.69, 9.17) is 0 Å². The summed E-state index contributed by atoms with van der Waals surface area (Å²) in [6.45, 7) is 1.91. The molecule has 2 aromatic rings. The highest BCUT2D eigenvalue weighted by molar-refractivity contribution is 9.10. The van der Waals surface area contributed by atoms with E-state index in [0.717, 1.165) is 15.6 Å². The molecule has 3 nitrogen and oxygen atoms in total. The van der Waals surface area contributed by atoms with Crippen molar-refractivity contribution in [2.24, 2.45) is 0 Å². The highest BCUT2D eigenvalue weighted by Crippen LogP contribution is 2.28. The molecule has 106 valence electrons. The van der Waals surface area contributed by atoms with Crippen molar-refractivity contribution >= 4 is 47.6 Å². The molecule has 0 amide bonds. The van der Waals surface area contributed by atoms with Gasteiger partial charge in [-0.15, -0.1) is 0 Å². The highest BCUT2D eigenvalue weighted by Gasteiger charge is 2.15. The fourth-order valence-corrected chi connectivity index (χ4v) is 3.63. The van der Waals surface area contributed by atoms with Crippen LogP contribution >= 0.6 is 31.9 Å². The van der Waals surface area contributed by atoms with Gasteiger partial charge in [0.1, 0.15) is 0 Å². The Bertz CT molecular complexity index is 712. The molecule has 0 atom stereocenters. The predicted molar refractivity (Wildman–Crippen MR) is 88.8 cm³/mol. The number of sulfonamides is 1. The van der Waals surface area contributed by atoms with Crippen LogP contribution in [-0.4, -0.2) is 8.42 Å². The van der Waals surface area contributed by atoms with E-state index in [-0.39, 0.29) is 4.90 Å². The fraction of sp³-hybridized carbons (Fsp3) is 0.143. The van der Waals surface area contributed by atoms with Gasteiger partial charge in [-0.2, -0.15) is 0 Å². The zero-order valence-electron chi connectivity index (χ0n) is 10.7. The summed E-state index contributed by atoms with van der Waals surface area (Å²) < 4.78 is 28.0. The fourth-order valence-electron chi connectivity index (χ4n) is 1.69. The zero-order chi connectivity index (χ0) is 14.8. The maximum Gasteiger partial charge on any atom is 0.261 e. The number of rotatable bonds is 4. The van der Waals surface area contributed by atoms with E-state index in [2.05, 4.69) is 36.6 Å². The van der Waals surface area contributed by atoms with Gasteiger partial charge in [0, 0.05) is 9.80 Å². The van der Waals surface area contributed by atoms with Gasteiger partial charge in [0.2, 0.25) is 0 Å². The van der Waals surface area contributed by atoms with Crippen LogP contribution in [0.1, 0.15) is 11.1 Å². The number of halogens is 2. The lowest BCUT2D eigenvalue weighted by atomic mass is 10.2. The number of anilines is 1. The maximum absolute atomic E-state index is 12.3. The molecule has 0 aliphatic heterocycles. The van der Waals surface area contributed by atoms with Crippen molar-refractivity contribution in [1.29, 1.82) is 0 Å². The molecule has 2 rings (SSSR count). The average molecular weight is 419 g/mol. The standard InChI is InChI=1S/C14H13Br2NO2S/c1-10-3-2-4-13(14(10)16)17-20(18,19)12-7-5-11(9-15)6-8-12/h2-8,17H,9H2,1H3. The minimum absolute atomic E-state index is 0.246. The Morgan fingerprint density at radius 3 is 2.35 bits per heavy atom. The summed E-state index contributed by atoms with van der Waals surface area (Å²) in [5, 5.41) is 0.699. The number of benzene rings is 2. The molecule has 0 aromatic heterocycles. The van der Waals surface area contributed by atoms with Gasteiger partial charge in [-0.1, -0.05) is 40.2 Å². The van der Waals surface area contributed by atoms with Gasteiger partial charge in [-0.25, -0.2) is 8.42 Å². The van der Waals surface area contributed by atoms with Gasteiger partial charge >= 0.3 is 0 Å². The van der Waals surface area contributed by atoms with E-state index in [1.165, 1.54) is 0 Å². The van der Waals surface area contributed by atoms with Crippen molar-refractivity contribution in [3.63, 3.8) is 0 Å². The number of alkyl halides is 1. The molecule has 0 aliphatic carbocycles. The van der Waals surface area contributed by atoms with E-state index >= 15 is 0 Å². The molecule has 20 heavy (non-hydrogen) atoms. The van der Waals surface area contributed by atoms with Crippen molar-refractivity contribution in [2.75, 3.05) is 4.72 Å². The van der Waals surface area contributed by atoms with Crippen LogP contribution in [0.4, 0.5) is 5.69 Å². The first-order valence-corrected chi connectivity index (χ1v) is 9.26. The Morgan fingerprint density at radius 2 is 1.75 bits per heavy atom. The molecule has 0 saturated heterocycles. The third kappa shape index (κ3) is 3.42. The lowest BCUT2D eigenvalue weighted by molar-refractivity contribution is 0.601. The molecule has 0 fully saturated rings. The van der Waals surface area contributed by atoms with Crippen LogP contribution in [0, 0.1) is 6.92 Å². The van der Waals surface area contributed by atoms with Gasteiger partial charge in [0.15, 0.2) is 0 Å². The quantitative estimate of drug-likeness (QED) is 0.745. The summed E-state index contributed by atoms with van der Waals surface area (Å²) in [6.07, 6.45) is 0. The van der Waals surface area contributed by atoms with Gasteiger partial charge in [-0.3, -0.25) is 4.72 Å². The van der Waals surface area contributed by atoms with Gasteiger partial charge in [0.05, 0.1) is 10.6 Å². The molecule has 0 radical (unpaired) electrons. The monoisotopic (exact) mass is 417 g/mol. The normalized spacial score (nSPS) is 11.3. The summed E-state index contributed by atoms with van der Waals surface area (Å²) in [5.74, 6) is 0. The summed E-state index contributed by atoms with van der Waals surface area (Å²) >= 11 is 6.73. The molecular formula is C14H13Br2NO2S. The topological polar surface area (TPSA) is 46.2 Å². The Morgan fingerprint density at radius 1 is 1.10 bits per heavy atom. The first-order chi connectivity index (χ1) is 9.44. The molecule has 0 bridgehead atoms. The molecule has 0 heterocycles. The summed E-state index contributed by atoms with van der Waals surface area (Å²) in [5.41, 5.74) is 2.54. The van der Waals surface area contributed by atoms with E-state index in [1.807, 2.05) is 19.1 Å². The third-order valence-corrected chi connectivity index (χ3v) is 5.91. The maximum atomic E-state index is 12.3. The van der Waals surface area contributed by atoms with Crippen molar-refractivity contribution < 1.29 is 8.42 Å². The van der Waals surface area contributed by atoms with Crippen LogP contribution in [0.5, 0.6) is 0 Å². The Kier molecular flexibility index (Phi) is 4.88. The molecule has 2 aromatic carbocycles. The third-order valence-electron chi connectivity index (χ3n) is 2.82. The van der Waals surface area contributed by atoms with Crippen LogP contribution < -0.4 is 4.72 Å². The highest BCUT2D eigenvalue weighted by atomic mass is 79.9. The first kappa shape index (κ1) is 15.5. The molecule has 6 heteroatoms. The van der Waals surface area contributed by atoms with Gasteiger partial charge in [0.25, 0.3) is 10.0 Å². The lowest BCUT2D eigenvalue weighted by Gasteiger charge is -2.11. The van der Waals surface area contributed by atoms with Crippen LogP contribution in [0.3, 0.4) is 0 Å². The van der Waals surface area contributed by atoms with Crippen molar-refractivity contribution in [3.05, 3.63) is 58.1 Å². The van der Waals surface area contributed by atoms with Crippen LogP contribution in [0.2, 0.25) is 0 Å². The minimum atomic E-state index is -3.57. The Balaban J connectivity index is 2.33. The Hall–Kier alpha value is -0.850. The van der Waals surface area contributed by atoms with Crippen LogP contribution in [-0.2, 0) is 15.4 Å². The van der Waals surface area contributed by atoms with Crippen molar-refractivity contribution in [2.45, 2.75) is 17.1 Å². The lowest BCUT2D eigenvalue weighted by Crippen LogP contribution is -2.13. The Labute approximate surface area is 135 Å². The second-order valence-corrected chi connectivity index (χ2v) is 7.36. The average Bonchev–Trinajstić information content (AvgIpc) is 2.44. The zero-order valence-corrected chi connectivity index (χ0v) is 14.7. The van der Waals surface area contributed by atoms with Crippen molar-refractivity contribution in [3.8, 4) is 0 Å². The molecule has 1 N–H and O–H groups in total. The first-order valence-electron chi connectivity index (χ1n) is 5.87. The SMILES string of the molecule is Cc1cccc(NS(=O)(=O)c2ccc(CBr)cc2)c1Br. The minimum Gasteiger partial charge on any atom is -0.278 e. The largest absolute Gasteiger partial charge is 0.278 e. The van der Waals surface area contributed by atoms with Gasteiger partial charge < -0.3 is 0 Å². The van der Waals surface area contributed by atoms with Crippen molar-refractivity contribution in [1.82, 2.24) is 0 Å². The van der Waals surface area contributed by atoms with E-state index in [0.29, 0.717) is 11.0 Å². The molecule has 0 unspecified atom stereocenters. The van der Waals surface area contributed by atoms with Gasteiger partial charge in [-0.05, 0) is 52.2 Å². The van der Waals surface area contributed by atoms with E-state index < -0.39 is 10.0 Å². The summed E-state index contributed by atoms with van der Waals surface area (Å²) in [4.78, 5) is 0.246. The number of hydrogen-bond donors (Lipinski definition) is 1. The second-order valence-electron chi connectivity index (χ2n) is 4.32. The number of nitrogens with one attached hydrogen (secondary N) is 1.